The SMILES string of the molecule is CCOC(=O)/C=C/[C@@H](OC(=O)c1ccccc1)[C@H](C)OCc1ccc(OC)cc1. The summed E-state index contributed by atoms with van der Waals surface area (Å²) in [6.07, 6.45) is 1.48. The lowest BCUT2D eigenvalue weighted by atomic mass is 10.2. The first-order valence-electron chi connectivity index (χ1n) is 9.39. The van der Waals surface area contributed by atoms with E-state index in [2.05, 4.69) is 0 Å². The number of carbonyl (C=O) groups is 2. The Balaban J connectivity index is 2.05. The van der Waals surface area contributed by atoms with Crippen LogP contribution in [0.5, 0.6) is 5.75 Å². The van der Waals surface area contributed by atoms with Crippen molar-refractivity contribution in [3.8, 4) is 5.75 Å². The van der Waals surface area contributed by atoms with Gasteiger partial charge in [-0.3, -0.25) is 0 Å². The Morgan fingerprint density at radius 3 is 2.34 bits per heavy atom. The van der Waals surface area contributed by atoms with Crippen molar-refractivity contribution in [3.05, 3.63) is 77.9 Å². The molecule has 6 heteroatoms. The van der Waals surface area contributed by atoms with Gasteiger partial charge in [-0.15, -0.1) is 0 Å². The quantitative estimate of drug-likeness (QED) is 0.446. The summed E-state index contributed by atoms with van der Waals surface area (Å²) in [6.45, 7) is 4.08. The zero-order valence-electron chi connectivity index (χ0n) is 16.9. The van der Waals surface area contributed by atoms with Gasteiger partial charge < -0.3 is 18.9 Å². The van der Waals surface area contributed by atoms with Gasteiger partial charge in [0.15, 0.2) is 0 Å². The Bertz CT molecular complexity index is 798. The molecule has 0 amide bonds. The molecule has 0 saturated carbocycles. The van der Waals surface area contributed by atoms with E-state index >= 15 is 0 Å². The number of benzene rings is 2. The normalized spacial score (nSPS) is 12.9. The molecule has 0 heterocycles. The number of ether oxygens (including phenoxy) is 4. The molecule has 6 nitrogen and oxygen atoms in total. The van der Waals surface area contributed by atoms with Crippen LogP contribution in [0.3, 0.4) is 0 Å². The molecule has 2 aromatic carbocycles. The van der Waals surface area contributed by atoms with E-state index in [1.165, 1.54) is 12.2 Å². The van der Waals surface area contributed by atoms with Crippen LogP contribution in [-0.2, 0) is 25.6 Å². The molecule has 2 rings (SSSR count). The summed E-state index contributed by atoms with van der Waals surface area (Å²) in [5.41, 5.74) is 1.37. The van der Waals surface area contributed by atoms with Crippen LogP contribution in [0.2, 0.25) is 0 Å². The Morgan fingerprint density at radius 1 is 1.03 bits per heavy atom. The molecule has 0 bridgehead atoms. The van der Waals surface area contributed by atoms with Gasteiger partial charge in [0, 0.05) is 6.08 Å². The molecular weight excluding hydrogens is 372 g/mol. The third kappa shape index (κ3) is 7.43. The molecule has 0 fully saturated rings. The van der Waals surface area contributed by atoms with Crippen LogP contribution < -0.4 is 4.74 Å². The minimum atomic E-state index is -0.759. The molecule has 0 radical (unpaired) electrons. The van der Waals surface area contributed by atoms with E-state index in [0.717, 1.165) is 11.3 Å². The van der Waals surface area contributed by atoms with Gasteiger partial charge in [-0.25, -0.2) is 9.59 Å². The second-order valence-electron chi connectivity index (χ2n) is 6.21. The summed E-state index contributed by atoms with van der Waals surface area (Å²) in [5.74, 6) is -0.242. The predicted octanol–water partition coefficient (Wildman–Crippen LogP) is 3.95. The second-order valence-corrected chi connectivity index (χ2v) is 6.21. The minimum absolute atomic E-state index is 0.265. The van der Waals surface area contributed by atoms with Crippen LogP contribution in [0.4, 0.5) is 0 Å². The minimum Gasteiger partial charge on any atom is -0.497 e. The van der Waals surface area contributed by atoms with Crippen LogP contribution >= 0.6 is 0 Å². The van der Waals surface area contributed by atoms with Gasteiger partial charge in [-0.05, 0) is 49.8 Å². The molecule has 0 aliphatic heterocycles. The predicted molar refractivity (Wildman–Crippen MR) is 109 cm³/mol. The molecule has 2 aromatic rings. The molecule has 0 aromatic heterocycles. The maximum atomic E-state index is 12.4. The van der Waals surface area contributed by atoms with Crippen molar-refractivity contribution in [2.24, 2.45) is 0 Å². The zero-order valence-corrected chi connectivity index (χ0v) is 16.9. The number of methoxy groups -OCH3 is 1. The highest BCUT2D eigenvalue weighted by Gasteiger charge is 2.21. The maximum absolute atomic E-state index is 12.4. The number of hydrogen-bond acceptors (Lipinski definition) is 6. The van der Waals surface area contributed by atoms with E-state index < -0.39 is 24.1 Å². The van der Waals surface area contributed by atoms with Crippen LogP contribution in [0.15, 0.2) is 66.7 Å². The number of esters is 2. The second kappa shape index (κ2) is 11.7. The van der Waals surface area contributed by atoms with E-state index in [4.69, 9.17) is 18.9 Å². The highest BCUT2D eigenvalue weighted by atomic mass is 16.6. The van der Waals surface area contributed by atoms with Gasteiger partial charge in [-0.1, -0.05) is 30.3 Å². The van der Waals surface area contributed by atoms with E-state index in [0.29, 0.717) is 12.2 Å². The average Bonchev–Trinajstić information content (AvgIpc) is 2.76. The van der Waals surface area contributed by atoms with Gasteiger partial charge in [0.2, 0.25) is 0 Å². The fourth-order valence-electron chi connectivity index (χ4n) is 2.47. The van der Waals surface area contributed by atoms with E-state index in [1.807, 2.05) is 30.3 Å². The summed E-state index contributed by atoms with van der Waals surface area (Å²) in [7, 11) is 1.61. The standard InChI is InChI=1S/C23H26O6/c1-4-27-22(24)15-14-21(29-23(25)19-8-6-5-7-9-19)17(2)28-16-18-10-12-20(26-3)13-11-18/h5-15,17,21H,4,16H2,1-3H3/b15-14+/t17-,21+/m0/s1. The Morgan fingerprint density at radius 2 is 1.72 bits per heavy atom. The first-order chi connectivity index (χ1) is 14.0. The number of rotatable bonds is 10. The molecule has 0 aliphatic carbocycles. The van der Waals surface area contributed by atoms with E-state index in [1.54, 1.807) is 45.2 Å². The maximum Gasteiger partial charge on any atom is 0.338 e. The fourth-order valence-corrected chi connectivity index (χ4v) is 2.47. The summed E-state index contributed by atoms with van der Waals surface area (Å²) in [6, 6.07) is 16.1. The van der Waals surface area contributed by atoms with Crippen LogP contribution in [0, 0.1) is 0 Å². The molecular formula is C23H26O6. The average molecular weight is 398 g/mol. The third-order valence-corrected chi connectivity index (χ3v) is 4.10. The first-order valence-corrected chi connectivity index (χ1v) is 9.39. The van der Waals surface area contributed by atoms with Crippen molar-refractivity contribution in [1.29, 1.82) is 0 Å². The summed E-state index contributed by atoms with van der Waals surface area (Å²) >= 11 is 0. The lowest BCUT2D eigenvalue weighted by molar-refractivity contribution is -0.137. The highest BCUT2D eigenvalue weighted by Crippen LogP contribution is 2.15. The smallest absolute Gasteiger partial charge is 0.338 e. The zero-order chi connectivity index (χ0) is 21.1. The summed E-state index contributed by atoms with van der Waals surface area (Å²) in [5, 5.41) is 0. The summed E-state index contributed by atoms with van der Waals surface area (Å²) in [4.78, 5) is 24.1. The van der Waals surface area contributed by atoms with Gasteiger partial charge in [0.25, 0.3) is 0 Å². The molecule has 0 unspecified atom stereocenters. The van der Waals surface area contributed by atoms with E-state index in [9.17, 15) is 9.59 Å². The van der Waals surface area contributed by atoms with Crippen LogP contribution in [0.1, 0.15) is 29.8 Å². The molecule has 154 valence electrons. The number of hydrogen-bond donors (Lipinski definition) is 0. The third-order valence-electron chi connectivity index (χ3n) is 4.10. The van der Waals surface area contributed by atoms with Crippen molar-refractivity contribution in [1.82, 2.24) is 0 Å². The Labute approximate surface area is 171 Å². The van der Waals surface area contributed by atoms with Crippen molar-refractivity contribution in [2.45, 2.75) is 32.7 Å². The van der Waals surface area contributed by atoms with Gasteiger partial charge in [0.05, 0.1) is 32.0 Å². The lowest BCUT2D eigenvalue weighted by Crippen LogP contribution is -2.30. The lowest BCUT2D eigenvalue weighted by Gasteiger charge is -2.22. The number of carbonyl (C=O) groups excluding carboxylic acids is 2. The first kappa shape index (κ1) is 22.2. The fraction of sp³-hybridized carbons (Fsp3) is 0.304. The Kier molecular flexibility index (Phi) is 8.92. The van der Waals surface area contributed by atoms with Gasteiger partial charge in [0.1, 0.15) is 11.9 Å². The van der Waals surface area contributed by atoms with Crippen molar-refractivity contribution < 1.29 is 28.5 Å². The molecule has 0 N–H and O–H groups in total. The molecule has 2 atom stereocenters. The van der Waals surface area contributed by atoms with Crippen LogP contribution in [-0.4, -0.2) is 37.9 Å². The molecule has 29 heavy (non-hydrogen) atoms. The highest BCUT2D eigenvalue weighted by molar-refractivity contribution is 5.89. The molecule has 0 saturated heterocycles. The molecule has 0 aliphatic rings. The van der Waals surface area contributed by atoms with E-state index in [-0.39, 0.29) is 6.61 Å². The van der Waals surface area contributed by atoms with Gasteiger partial charge in [-0.2, -0.15) is 0 Å². The summed E-state index contributed by atoms with van der Waals surface area (Å²) < 4.78 is 21.5. The van der Waals surface area contributed by atoms with Crippen molar-refractivity contribution in [2.75, 3.05) is 13.7 Å². The largest absolute Gasteiger partial charge is 0.497 e. The topological polar surface area (TPSA) is 71.1 Å². The monoisotopic (exact) mass is 398 g/mol. The van der Waals surface area contributed by atoms with Crippen molar-refractivity contribution >= 4 is 11.9 Å². The van der Waals surface area contributed by atoms with Crippen LogP contribution in [0.25, 0.3) is 0 Å². The van der Waals surface area contributed by atoms with Crippen molar-refractivity contribution in [3.63, 3.8) is 0 Å². The van der Waals surface area contributed by atoms with Gasteiger partial charge >= 0.3 is 11.9 Å². The Hall–Kier alpha value is -3.12. The molecule has 0 spiro atoms.